The standard InChI is InChI=1S/C21H30N6/c1-2-20-26-24-15-27(20)11-10-22-21(23-14-16-6-4-3-5-7-16)25-19-13-17-8-9-18(19)12-17/h3-7,15,17-19H,2,8-14H2,1H3,(H2,22,23,25). The summed E-state index contributed by atoms with van der Waals surface area (Å²) in [6.45, 7) is 4.46. The van der Waals surface area contributed by atoms with Crippen molar-refractivity contribution in [2.75, 3.05) is 6.54 Å². The predicted molar refractivity (Wildman–Crippen MR) is 107 cm³/mol. The fourth-order valence-corrected chi connectivity index (χ4v) is 4.54. The van der Waals surface area contributed by atoms with Crippen molar-refractivity contribution in [3.63, 3.8) is 0 Å². The molecule has 0 radical (unpaired) electrons. The number of hydrogen-bond donors (Lipinski definition) is 2. The normalized spacial score (nSPS) is 24.3. The lowest BCUT2D eigenvalue weighted by atomic mass is 9.95. The van der Waals surface area contributed by atoms with Crippen molar-refractivity contribution in [3.8, 4) is 0 Å². The molecule has 1 heterocycles. The molecule has 2 bridgehead atoms. The molecule has 1 aromatic carbocycles. The smallest absolute Gasteiger partial charge is 0.191 e. The summed E-state index contributed by atoms with van der Waals surface area (Å²) < 4.78 is 2.11. The lowest BCUT2D eigenvalue weighted by molar-refractivity contribution is 0.387. The van der Waals surface area contributed by atoms with Gasteiger partial charge in [-0.25, -0.2) is 4.99 Å². The molecular weight excluding hydrogens is 336 g/mol. The Labute approximate surface area is 161 Å². The topological polar surface area (TPSA) is 67.1 Å². The van der Waals surface area contributed by atoms with E-state index >= 15 is 0 Å². The van der Waals surface area contributed by atoms with Crippen LogP contribution in [0.2, 0.25) is 0 Å². The molecule has 144 valence electrons. The van der Waals surface area contributed by atoms with Crippen LogP contribution in [0.5, 0.6) is 0 Å². The molecule has 6 heteroatoms. The molecule has 4 rings (SSSR count). The maximum atomic E-state index is 4.86. The minimum absolute atomic E-state index is 0.576. The van der Waals surface area contributed by atoms with Crippen molar-refractivity contribution in [1.82, 2.24) is 25.4 Å². The van der Waals surface area contributed by atoms with Crippen LogP contribution in [-0.2, 0) is 19.5 Å². The van der Waals surface area contributed by atoms with Gasteiger partial charge in [0, 0.05) is 25.6 Å². The van der Waals surface area contributed by atoms with Crippen molar-refractivity contribution in [1.29, 1.82) is 0 Å². The first kappa shape index (κ1) is 18.0. The van der Waals surface area contributed by atoms with Gasteiger partial charge in [0.05, 0.1) is 6.54 Å². The van der Waals surface area contributed by atoms with Gasteiger partial charge in [-0.1, -0.05) is 43.7 Å². The number of nitrogens with zero attached hydrogens (tertiary/aromatic N) is 4. The van der Waals surface area contributed by atoms with Crippen LogP contribution in [0.4, 0.5) is 0 Å². The molecule has 2 fully saturated rings. The number of aromatic nitrogens is 3. The van der Waals surface area contributed by atoms with E-state index in [0.717, 1.165) is 43.1 Å². The summed E-state index contributed by atoms with van der Waals surface area (Å²) in [6, 6.07) is 11.0. The molecule has 6 nitrogen and oxygen atoms in total. The first-order valence-corrected chi connectivity index (χ1v) is 10.3. The number of aryl methyl sites for hydroxylation is 1. The van der Waals surface area contributed by atoms with Crippen molar-refractivity contribution < 1.29 is 0 Å². The van der Waals surface area contributed by atoms with E-state index in [0.29, 0.717) is 12.6 Å². The summed E-state index contributed by atoms with van der Waals surface area (Å²) in [5.74, 6) is 3.71. The van der Waals surface area contributed by atoms with Gasteiger partial charge < -0.3 is 15.2 Å². The molecule has 2 N–H and O–H groups in total. The highest BCUT2D eigenvalue weighted by atomic mass is 15.3. The van der Waals surface area contributed by atoms with Gasteiger partial charge >= 0.3 is 0 Å². The molecule has 3 atom stereocenters. The van der Waals surface area contributed by atoms with Gasteiger partial charge in [-0.05, 0) is 36.7 Å². The molecule has 3 unspecified atom stereocenters. The Balaban J connectivity index is 1.37. The zero-order valence-corrected chi connectivity index (χ0v) is 16.1. The summed E-state index contributed by atoms with van der Waals surface area (Å²) in [4.78, 5) is 4.86. The van der Waals surface area contributed by atoms with Gasteiger partial charge in [-0.3, -0.25) is 0 Å². The number of nitrogens with one attached hydrogen (secondary N) is 2. The van der Waals surface area contributed by atoms with Crippen molar-refractivity contribution >= 4 is 5.96 Å². The van der Waals surface area contributed by atoms with Crippen LogP contribution in [0.3, 0.4) is 0 Å². The average Bonchev–Trinajstić information content (AvgIpc) is 3.43. The fourth-order valence-electron chi connectivity index (χ4n) is 4.54. The van der Waals surface area contributed by atoms with E-state index in [-0.39, 0.29) is 0 Å². The van der Waals surface area contributed by atoms with E-state index < -0.39 is 0 Å². The third-order valence-electron chi connectivity index (χ3n) is 5.98. The molecule has 2 saturated carbocycles. The van der Waals surface area contributed by atoms with Crippen molar-refractivity contribution in [2.24, 2.45) is 16.8 Å². The molecule has 0 spiro atoms. The zero-order chi connectivity index (χ0) is 18.5. The fraction of sp³-hybridized carbons (Fsp3) is 0.571. The first-order chi connectivity index (χ1) is 13.3. The predicted octanol–water partition coefficient (Wildman–Crippen LogP) is 2.76. The Morgan fingerprint density at radius 1 is 1.22 bits per heavy atom. The van der Waals surface area contributed by atoms with E-state index in [1.165, 1.54) is 31.2 Å². The van der Waals surface area contributed by atoms with Crippen LogP contribution in [0.15, 0.2) is 41.7 Å². The summed E-state index contributed by atoms with van der Waals surface area (Å²) in [5, 5.41) is 15.4. The number of fused-ring (bicyclic) bond motifs is 2. The molecule has 2 aliphatic rings. The summed E-state index contributed by atoms with van der Waals surface area (Å²) >= 11 is 0. The third-order valence-corrected chi connectivity index (χ3v) is 5.98. The highest BCUT2D eigenvalue weighted by Gasteiger charge is 2.39. The van der Waals surface area contributed by atoms with Crippen LogP contribution in [-0.4, -0.2) is 33.3 Å². The lowest BCUT2D eigenvalue weighted by Gasteiger charge is -2.25. The Morgan fingerprint density at radius 2 is 2.11 bits per heavy atom. The zero-order valence-electron chi connectivity index (χ0n) is 16.1. The Bertz CT molecular complexity index is 753. The minimum atomic E-state index is 0.576. The number of benzene rings is 1. The summed E-state index contributed by atoms with van der Waals surface area (Å²) in [6.07, 6.45) is 8.18. The molecule has 0 amide bonds. The Morgan fingerprint density at radius 3 is 2.85 bits per heavy atom. The van der Waals surface area contributed by atoms with Crippen molar-refractivity contribution in [2.45, 2.75) is 58.2 Å². The quantitative estimate of drug-likeness (QED) is 0.584. The second-order valence-corrected chi connectivity index (χ2v) is 7.80. The van der Waals surface area contributed by atoms with Gasteiger partial charge in [0.1, 0.15) is 12.2 Å². The highest BCUT2D eigenvalue weighted by Crippen LogP contribution is 2.44. The van der Waals surface area contributed by atoms with E-state index in [9.17, 15) is 0 Å². The molecule has 2 aliphatic carbocycles. The lowest BCUT2D eigenvalue weighted by Crippen LogP contribution is -2.46. The average molecular weight is 367 g/mol. The van der Waals surface area contributed by atoms with Gasteiger partial charge in [-0.15, -0.1) is 10.2 Å². The Hall–Kier alpha value is -2.37. The Kier molecular flexibility index (Phi) is 5.70. The van der Waals surface area contributed by atoms with Crippen LogP contribution < -0.4 is 10.6 Å². The van der Waals surface area contributed by atoms with E-state index in [1.807, 2.05) is 12.4 Å². The molecule has 0 saturated heterocycles. The third kappa shape index (κ3) is 4.49. The minimum Gasteiger partial charge on any atom is -0.355 e. The van der Waals surface area contributed by atoms with E-state index in [4.69, 9.17) is 4.99 Å². The molecule has 2 aromatic rings. The maximum Gasteiger partial charge on any atom is 0.191 e. The summed E-state index contributed by atoms with van der Waals surface area (Å²) in [7, 11) is 0. The molecule has 27 heavy (non-hydrogen) atoms. The largest absolute Gasteiger partial charge is 0.355 e. The summed E-state index contributed by atoms with van der Waals surface area (Å²) in [5.41, 5.74) is 1.23. The van der Waals surface area contributed by atoms with Crippen molar-refractivity contribution in [3.05, 3.63) is 48.0 Å². The second-order valence-electron chi connectivity index (χ2n) is 7.80. The van der Waals surface area contributed by atoms with Crippen LogP contribution in [0.25, 0.3) is 0 Å². The molecular formula is C21H30N6. The number of aliphatic imine (C=N–C) groups is 1. The van der Waals surface area contributed by atoms with E-state index in [1.54, 1.807) is 0 Å². The maximum absolute atomic E-state index is 4.86. The van der Waals surface area contributed by atoms with Gasteiger partial charge in [0.25, 0.3) is 0 Å². The number of rotatable bonds is 7. The number of guanidine groups is 1. The van der Waals surface area contributed by atoms with Crippen LogP contribution >= 0.6 is 0 Å². The highest BCUT2D eigenvalue weighted by molar-refractivity contribution is 5.80. The van der Waals surface area contributed by atoms with Gasteiger partial charge in [0.15, 0.2) is 5.96 Å². The van der Waals surface area contributed by atoms with Crippen LogP contribution in [0.1, 0.15) is 44.0 Å². The van der Waals surface area contributed by atoms with Crippen LogP contribution in [0, 0.1) is 11.8 Å². The SMILES string of the molecule is CCc1nncn1CCNC(=NCc1ccccc1)NC1CC2CCC1C2. The monoisotopic (exact) mass is 366 g/mol. The number of hydrogen-bond acceptors (Lipinski definition) is 3. The van der Waals surface area contributed by atoms with Gasteiger partial charge in [0.2, 0.25) is 0 Å². The molecule has 1 aromatic heterocycles. The second kappa shape index (κ2) is 8.55. The molecule has 0 aliphatic heterocycles. The van der Waals surface area contributed by atoms with Gasteiger partial charge in [-0.2, -0.15) is 0 Å². The first-order valence-electron chi connectivity index (χ1n) is 10.3. The van der Waals surface area contributed by atoms with E-state index in [2.05, 4.69) is 56.6 Å².